The van der Waals surface area contributed by atoms with Gasteiger partial charge in [-0.2, -0.15) is 0 Å². The highest BCUT2D eigenvalue weighted by Crippen LogP contribution is 2.39. The molecule has 2 aliphatic carbocycles. The lowest BCUT2D eigenvalue weighted by Gasteiger charge is -2.47. The van der Waals surface area contributed by atoms with Crippen LogP contribution in [0.15, 0.2) is 0 Å². The average Bonchev–Trinajstić information content (AvgIpc) is 3.04. The van der Waals surface area contributed by atoms with E-state index in [1.54, 1.807) is 0 Å². The Morgan fingerprint density at radius 2 is 1.95 bits per heavy atom. The molecule has 0 aromatic rings. The predicted octanol–water partition coefficient (Wildman–Crippen LogP) is 2.22. The summed E-state index contributed by atoms with van der Waals surface area (Å²) in [7, 11) is 0. The third-order valence-corrected chi connectivity index (χ3v) is 5.55. The van der Waals surface area contributed by atoms with Gasteiger partial charge >= 0.3 is 0 Å². The fourth-order valence-corrected chi connectivity index (χ4v) is 4.44. The largest absolute Gasteiger partial charge is 0.340 e. The number of carbonyl (C=O) groups excluding carboxylic acids is 2. The lowest BCUT2D eigenvalue weighted by molar-refractivity contribution is -0.158. The molecular formula is C16H26N2O2. The summed E-state index contributed by atoms with van der Waals surface area (Å²) in [5, 5.41) is 3.08. The number of rotatable bonds is 2. The van der Waals surface area contributed by atoms with Crippen LogP contribution in [0.25, 0.3) is 0 Å². The first-order valence-electron chi connectivity index (χ1n) is 8.22. The molecule has 1 N–H and O–H groups in total. The van der Waals surface area contributed by atoms with Gasteiger partial charge in [-0.15, -0.1) is 0 Å². The molecule has 0 radical (unpaired) electrons. The number of hydrogen-bond acceptors (Lipinski definition) is 2. The molecule has 3 rings (SSSR count). The molecule has 3 aliphatic rings. The molecule has 0 aromatic carbocycles. The molecule has 4 nitrogen and oxygen atoms in total. The van der Waals surface area contributed by atoms with Gasteiger partial charge in [0.05, 0.1) is 0 Å². The van der Waals surface area contributed by atoms with E-state index in [0.29, 0.717) is 5.92 Å². The van der Waals surface area contributed by atoms with E-state index in [1.807, 2.05) is 11.8 Å². The Balaban J connectivity index is 1.90. The van der Waals surface area contributed by atoms with E-state index in [9.17, 15) is 9.59 Å². The van der Waals surface area contributed by atoms with Crippen LogP contribution in [-0.2, 0) is 9.59 Å². The summed E-state index contributed by atoms with van der Waals surface area (Å²) in [5.41, 5.74) is -0.561. The Morgan fingerprint density at radius 3 is 2.50 bits per heavy atom. The van der Waals surface area contributed by atoms with Gasteiger partial charge in [-0.3, -0.25) is 9.59 Å². The molecule has 2 amide bonds. The maximum absolute atomic E-state index is 13.1. The SMILES string of the molecule is CCC1C(=O)NC2(CCCC2)C(=O)N1C1CCC(C)C1. The van der Waals surface area contributed by atoms with Crippen molar-refractivity contribution >= 4 is 11.8 Å². The zero-order valence-electron chi connectivity index (χ0n) is 12.7. The second-order valence-corrected chi connectivity index (χ2v) is 6.99. The van der Waals surface area contributed by atoms with Gasteiger partial charge in [-0.1, -0.05) is 26.7 Å². The molecule has 0 bridgehead atoms. The topological polar surface area (TPSA) is 49.4 Å². The van der Waals surface area contributed by atoms with Crippen molar-refractivity contribution < 1.29 is 9.59 Å². The van der Waals surface area contributed by atoms with Crippen molar-refractivity contribution in [2.45, 2.75) is 82.8 Å². The van der Waals surface area contributed by atoms with Crippen LogP contribution in [0.2, 0.25) is 0 Å². The van der Waals surface area contributed by atoms with Gasteiger partial charge in [0.1, 0.15) is 11.6 Å². The molecule has 1 aliphatic heterocycles. The van der Waals surface area contributed by atoms with Crippen LogP contribution in [0.3, 0.4) is 0 Å². The summed E-state index contributed by atoms with van der Waals surface area (Å²) < 4.78 is 0. The molecule has 3 atom stereocenters. The first-order chi connectivity index (χ1) is 9.57. The van der Waals surface area contributed by atoms with Crippen molar-refractivity contribution in [3.63, 3.8) is 0 Å². The molecule has 4 heteroatoms. The predicted molar refractivity (Wildman–Crippen MR) is 77.1 cm³/mol. The Labute approximate surface area is 121 Å². The van der Waals surface area contributed by atoms with E-state index in [-0.39, 0.29) is 23.9 Å². The van der Waals surface area contributed by atoms with E-state index in [1.165, 1.54) is 6.42 Å². The zero-order chi connectivity index (χ0) is 14.3. The standard InChI is InChI=1S/C16H26N2O2/c1-3-13-14(19)17-16(8-4-5-9-16)15(20)18(13)12-7-6-11(2)10-12/h11-13H,3-10H2,1-2H3,(H,17,19). The Bertz CT molecular complexity index is 415. The summed E-state index contributed by atoms with van der Waals surface area (Å²) in [5.74, 6) is 0.962. The highest BCUT2D eigenvalue weighted by molar-refractivity contribution is 6.00. The second kappa shape index (κ2) is 5.05. The fourth-order valence-electron chi connectivity index (χ4n) is 4.44. The molecule has 20 heavy (non-hydrogen) atoms. The van der Waals surface area contributed by atoms with Crippen LogP contribution in [0.1, 0.15) is 65.2 Å². The van der Waals surface area contributed by atoms with E-state index < -0.39 is 5.54 Å². The summed E-state index contributed by atoms with van der Waals surface area (Å²) in [4.78, 5) is 27.5. The van der Waals surface area contributed by atoms with Gasteiger partial charge in [0.15, 0.2) is 0 Å². The lowest BCUT2D eigenvalue weighted by Crippen LogP contribution is -2.70. The normalized spacial score (nSPS) is 36.7. The summed E-state index contributed by atoms with van der Waals surface area (Å²) in [6, 6.07) is 0.0370. The number of hydrogen-bond donors (Lipinski definition) is 1. The van der Waals surface area contributed by atoms with Gasteiger partial charge in [0, 0.05) is 6.04 Å². The second-order valence-electron chi connectivity index (χ2n) is 6.99. The Hall–Kier alpha value is -1.06. The van der Waals surface area contributed by atoms with Crippen LogP contribution < -0.4 is 5.32 Å². The third-order valence-electron chi connectivity index (χ3n) is 5.55. The van der Waals surface area contributed by atoms with Crippen LogP contribution in [0.4, 0.5) is 0 Å². The Morgan fingerprint density at radius 1 is 1.25 bits per heavy atom. The van der Waals surface area contributed by atoms with Crippen molar-refractivity contribution in [1.29, 1.82) is 0 Å². The van der Waals surface area contributed by atoms with Crippen molar-refractivity contribution in [3.05, 3.63) is 0 Å². The fraction of sp³-hybridized carbons (Fsp3) is 0.875. The van der Waals surface area contributed by atoms with E-state index in [2.05, 4.69) is 12.2 Å². The molecule has 3 unspecified atom stereocenters. The average molecular weight is 278 g/mol. The van der Waals surface area contributed by atoms with Crippen molar-refractivity contribution in [2.24, 2.45) is 5.92 Å². The van der Waals surface area contributed by atoms with Crippen LogP contribution in [0.5, 0.6) is 0 Å². The summed E-state index contributed by atoms with van der Waals surface area (Å²) in [6.45, 7) is 4.26. The highest BCUT2D eigenvalue weighted by Gasteiger charge is 2.53. The Kier molecular flexibility index (Phi) is 3.51. The maximum atomic E-state index is 13.1. The van der Waals surface area contributed by atoms with Crippen LogP contribution in [-0.4, -0.2) is 34.3 Å². The molecule has 112 valence electrons. The van der Waals surface area contributed by atoms with E-state index in [4.69, 9.17) is 0 Å². The number of carbonyl (C=O) groups is 2. The van der Waals surface area contributed by atoms with Gasteiger partial charge in [-0.25, -0.2) is 0 Å². The number of piperazine rings is 1. The van der Waals surface area contributed by atoms with Crippen molar-refractivity contribution in [1.82, 2.24) is 10.2 Å². The molecule has 2 saturated carbocycles. The summed E-state index contributed by atoms with van der Waals surface area (Å²) in [6.07, 6.45) is 7.78. The number of nitrogens with zero attached hydrogens (tertiary/aromatic N) is 1. The third kappa shape index (κ3) is 2.04. The minimum absolute atomic E-state index is 0.0774. The number of nitrogens with one attached hydrogen (secondary N) is 1. The van der Waals surface area contributed by atoms with Crippen LogP contribution in [0, 0.1) is 5.92 Å². The van der Waals surface area contributed by atoms with Gasteiger partial charge < -0.3 is 10.2 Å². The van der Waals surface area contributed by atoms with E-state index in [0.717, 1.165) is 44.9 Å². The molecule has 1 heterocycles. The monoisotopic (exact) mass is 278 g/mol. The lowest BCUT2D eigenvalue weighted by atomic mass is 9.88. The van der Waals surface area contributed by atoms with Gasteiger partial charge in [-0.05, 0) is 44.4 Å². The van der Waals surface area contributed by atoms with Gasteiger partial charge in [0.2, 0.25) is 11.8 Å². The van der Waals surface area contributed by atoms with E-state index >= 15 is 0 Å². The molecule has 0 aromatic heterocycles. The first kappa shape index (κ1) is 13.9. The first-order valence-corrected chi connectivity index (χ1v) is 8.22. The minimum Gasteiger partial charge on any atom is -0.340 e. The number of amides is 2. The molecular weight excluding hydrogens is 252 g/mol. The van der Waals surface area contributed by atoms with Crippen LogP contribution >= 0.6 is 0 Å². The van der Waals surface area contributed by atoms with Crippen molar-refractivity contribution in [3.8, 4) is 0 Å². The highest BCUT2D eigenvalue weighted by atomic mass is 16.2. The molecule has 1 spiro atoms. The smallest absolute Gasteiger partial charge is 0.249 e. The minimum atomic E-state index is -0.561. The maximum Gasteiger partial charge on any atom is 0.249 e. The molecule has 1 saturated heterocycles. The van der Waals surface area contributed by atoms with Gasteiger partial charge in [0.25, 0.3) is 0 Å². The van der Waals surface area contributed by atoms with Crippen molar-refractivity contribution in [2.75, 3.05) is 0 Å². The molecule has 3 fully saturated rings. The zero-order valence-corrected chi connectivity index (χ0v) is 12.7. The summed E-state index contributed by atoms with van der Waals surface area (Å²) >= 11 is 0. The quantitative estimate of drug-likeness (QED) is 0.842.